The Morgan fingerprint density at radius 1 is 1.16 bits per heavy atom. The van der Waals surface area contributed by atoms with Gasteiger partial charge in [-0.25, -0.2) is 4.39 Å². The first-order valence-corrected chi connectivity index (χ1v) is 8.02. The smallest absolute Gasteiger partial charge is 0.124 e. The van der Waals surface area contributed by atoms with E-state index in [4.69, 9.17) is 0 Å². The van der Waals surface area contributed by atoms with Gasteiger partial charge in [0.2, 0.25) is 0 Å². The zero-order chi connectivity index (χ0) is 13.4. The van der Waals surface area contributed by atoms with Crippen LogP contribution in [0.5, 0.6) is 0 Å². The van der Waals surface area contributed by atoms with Crippen LogP contribution in [0, 0.1) is 11.7 Å². The quantitative estimate of drug-likeness (QED) is 0.605. The van der Waals surface area contributed by atoms with Crippen molar-refractivity contribution in [1.82, 2.24) is 0 Å². The van der Waals surface area contributed by atoms with E-state index < -0.39 is 0 Å². The van der Waals surface area contributed by atoms with Crippen LogP contribution in [0.2, 0.25) is 0 Å². The molecule has 0 amide bonds. The maximum atomic E-state index is 13.1. The van der Waals surface area contributed by atoms with E-state index in [1.54, 1.807) is 6.07 Å². The zero-order valence-electron chi connectivity index (χ0n) is 10.2. The van der Waals surface area contributed by atoms with Gasteiger partial charge in [0, 0.05) is 9.30 Å². The minimum absolute atomic E-state index is 0.194. The molecule has 0 saturated carbocycles. The molecule has 3 heteroatoms. The van der Waals surface area contributed by atoms with Crippen LogP contribution in [0.15, 0.2) is 46.9 Å². The SMILES string of the molecule is Fc1ccc(CC2Cc3ccccc3C2Br)c(Br)c1. The van der Waals surface area contributed by atoms with Gasteiger partial charge >= 0.3 is 0 Å². The summed E-state index contributed by atoms with van der Waals surface area (Å²) in [6.07, 6.45) is 2.03. The Kier molecular flexibility index (Phi) is 3.77. The minimum Gasteiger partial charge on any atom is -0.207 e. The van der Waals surface area contributed by atoms with E-state index in [0.29, 0.717) is 10.7 Å². The fraction of sp³-hybridized carbons (Fsp3) is 0.250. The average molecular weight is 384 g/mol. The minimum atomic E-state index is -0.194. The summed E-state index contributed by atoms with van der Waals surface area (Å²) in [6.45, 7) is 0. The number of halogens is 3. The first-order chi connectivity index (χ1) is 9.15. The van der Waals surface area contributed by atoms with Gasteiger partial charge < -0.3 is 0 Å². The molecule has 0 nitrogen and oxygen atoms in total. The summed E-state index contributed by atoms with van der Waals surface area (Å²) in [5.74, 6) is 0.333. The monoisotopic (exact) mass is 382 g/mol. The van der Waals surface area contributed by atoms with Crippen molar-refractivity contribution in [3.63, 3.8) is 0 Å². The second kappa shape index (κ2) is 5.37. The molecule has 3 rings (SSSR count). The van der Waals surface area contributed by atoms with Gasteiger partial charge in [-0.2, -0.15) is 0 Å². The highest BCUT2D eigenvalue weighted by atomic mass is 79.9. The fourth-order valence-electron chi connectivity index (χ4n) is 2.77. The first-order valence-electron chi connectivity index (χ1n) is 6.31. The Labute approximate surface area is 129 Å². The van der Waals surface area contributed by atoms with Gasteiger partial charge in [0.1, 0.15) is 5.82 Å². The third-order valence-corrected chi connectivity index (χ3v) is 5.72. The predicted octanol–water partition coefficient (Wildman–Crippen LogP) is 5.44. The lowest BCUT2D eigenvalue weighted by atomic mass is 9.96. The summed E-state index contributed by atoms with van der Waals surface area (Å²) < 4.78 is 14.0. The molecule has 0 saturated heterocycles. The van der Waals surface area contributed by atoms with Crippen LogP contribution < -0.4 is 0 Å². The summed E-state index contributed by atoms with van der Waals surface area (Å²) in [6, 6.07) is 13.5. The van der Waals surface area contributed by atoms with E-state index in [0.717, 1.165) is 17.3 Å². The van der Waals surface area contributed by atoms with Gasteiger partial charge in [-0.15, -0.1) is 0 Å². The number of rotatable bonds is 2. The number of hydrogen-bond acceptors (Lipinski definition) is 0. The molecule has 0 radical (unpaired) electrons. The molecular weight excluding hydrogens is 371 g/mol. The number of benzene rings is 2. The molecule has 0 aromatic heterocycles. The lowest BCUT2D eigenvalue weighted by Gasteiger charge is -2.15. The average Bonchev–Trinajstić information content (AvgIpc) is 2.70. The van der Waals surface area contributed by atoms with Crippen molar-refractivity contribution in [2.45, 2.75) is 17.7 Å². The van der Waals surface area contributed by atoms with Crippen LogP contribution in [0.1, 0.15) is 21.5 Å². The third kappa shape index (κ3) is 2.63. The van der Waals surface area contributed by atoms with Crippen LogP contribution >= 0.6 is 31.9 Å². The van der Waals surface area contributed by atoms with Crippen LogP contribution in [0.3, 0.4) is 0 Å². The summed E-state index contributed by atoms with van der Waals surface area (Å²) in [5.41, 5.74) is 3.99. The van der Waals surface area contributed by atoms with Crippen molar-refractivity contribution in [1.29, 1.82) is 0 Å². The van der Waals surface area contributed by atoms with Gasteiger partial charge in [0.15, 0.2) is 0 Å². The summed E-state index contributed by atoms with van der Waals surface area (Å²) in [4.78, 5) is 0.389. The van der Waals surface area contributed by atoms with Crippen molar-refractivity contribution < 1.29 is 4.39 Å². The van der Waals surface area contributed by atoms with E-state index in [2.05, 4.69) is 56.1 Å². The van der Waals surface area contributed by atoms with E-state index in [1.807, 2.05) is 6.07 Å². The summed E-state index contributed by atoms with van der Waals surface area (Å²) in [5, 5.41) is 0. The Hall–Kier alpha value is -0.670. The van der Waals surface area contributed by atoms with Gasteiger partial charge in [-0.3, -0.25) is 0 Å². The summed E-state index contributed by atoms with van der Waals surface area (Å²) in [7, 11) is 0. The van der Waals surface area contributed by atoms with Crippen LogP contribution in [-0.4, -0.2) is 0 Å². The molecule has 1 aliphatic rings. The van der Waals surface area contributed by atoms with E-state index in [1.165, 1.54) is 22.8 Å². The van der Waals surface area contributed by atoms with Crippen LogP contribution in [0.25, 0.3) is 0 Å². The van der Waals surface area contributed by atoms with Gasteiger partial charge in [0.25, 0.3) is 0 Å². The Morgan fingerprint density at radius 3 is 2.68 bits per heavy atom. The van der Waals surface area contributed by atoms with Crippen molar-refractivity contribution in [2.75, 3.05) is 0 Å². The van der Waals surface area contributed by atoms with Gasteiger partial charge in [-0.1, -0.05) is 62.2 Å². The van der Waals surface area contributed by atoms with Crippen molar-refractivity contribution in [2.24, 2.45) is 5.92 Å². The largest absolute Gasteiger partial charge is 0.207 e. The molecule has 0 bridgehead atoms. The maximum absolute atomic E-state index is 13.1. The lowest BCUT2D eigenvalue weighted by molar-refractivity contribution is 0.552. The topological polar surface area (TPSA) is 0 Å². The van der Waals surface area contributed by atoms with Crippen LogP contribution in [0.4, 0.5) is 4.39 Å². The molecule has 1 aliphatic carbocycles. The Bertz CT molecular complexity index is 609. The fourth-order valence-corrected chi connectivity index (χ4v) is 4.11. The standard InChI is InChI=1S/C16H13Br2F/c17-15-9-13(19)6-5-11(15)8-12-7-10-3-1-2-4-14(10)16(12)18/h1-6,9,12,16H,7-8H2. The Balaban J connectivity index is 1.83. The van der Waals surface area contributed by atoms with E-state index in [-0.39, 0.29) is 5.82 Å². The molecular formula is C16H13Br2F. The van der Waals surface area contributed by atoms with Crippen LogP contribution in [-0.2, 0) is 12.8 Å². The highest BCUT2D eigenvalue weighted by Crippen LogP contribution is 2.44. The molecule has 0 spiro atoms. The molecule has 0 heterocycles. The second-order valence-corrected chi connectivity index (χ2v) is 6.85. The lowest BCUT2D eigenvalue weighted by Crippen LogP contribution is -2.07. The number of fused-ring (bicyclic) bond motifs is 1. The van der Waals surface area contributed by atoms with E-state index in [9.17, 15) is 4.39 Å². The first kappa shape index (κ1) is 13.3. The zero-order valence-corrected chi connectivity index (χ0v) is 13.4. The molecule has 2 aromatic carbocycles. The number of alkyl halides is 1. The van der Waals surface area contributed by atoms with Crippen molar-refractivity contribution in [3.05, 3.63) is 69.4 Å². The number of hydrogen-bond donors (Lipinski definition) is 0. The molecule has 0 N–H and O–H groups in total. The molecule has 2 aromatic rings. The van der Waals surface area contributed by atoms with Gasteiger partial charge in [0.05, 0.1) is 0 Å². The van der Waals surface area contributed by atoms with Gasteiger partial charge in [-0.05, 0) is 47.6 Å². The molecule has 19 heavy (non-hydrogen) atoms. The van der Waals surface area contributed by atoms with Crippen molar-refractivity contribution in [3.8, 4) is 0 Å². The highest BCUT2D eigenvalue weighted by molar-refractivity contribution is 9.10. The molecule has 2 unspecified atom stereocenters. The third-order valence-electron chi connectivity index (χ3n) is 3.75. The molecule has 0 aliphatic heterocycles. The molecule has 98 valence electrons. The highest BCUT2D eigenvalue weighted by Gasteiger charge is 2.30. The summed E-state index contributed by atoms with van der Waals surface area (Å²) >= 11 is 7.26. The predicted molar refractivity (Wildman–Crippen MR) is 83.1 cm³/mol. The maximum Gasteiger partial charge on any atom is 0.124 e. The second-order valence-electron chi connectivity index (χ2n) is 5.00. The van der Waals surface area contributed by atoms with E-state index >= 15 is 0 Å². The normalized spacial score (nSPS) is 21.4. The molecule has 0 fully saturated rings. The molecule has 2 atom stereocenters. The Morgan fingerprint density at radius 2 is 1.95 bits per heavy atom. The van der Waals surface area contributed by atoms with Crippen molar-refractivity contribution >= 4 is 31.9 Å².